The van der Waals surface area contributed by atoms with Crippen molar-refractivity contribution in [2.24, 2.45) is 0 Å². The Morgan fingerprint density at radius 3 is 2.40 bits per heavy atom. The van der Waals surface area contributed by atoms with E-state index in [0.29, 0.717) is 6.54 Å². The smallest absolute Gasteiger partial charge is 0.320 e. The first-order valence-electron chi connectivity index (χ1n) is 6.50. The zero-order valence-corrected chi connectivity index (χ0v) is 12.7. The molecule has 0 aromatic rings. The Labute approximate surface area is 120 Å². The number of aliphatic hydroxyl groups excluding tert-OH is 1. The second kappa shape index (κ2) is 9.57. The molecule has 0 aliphatic heterocycles. The number of hydrogen-bond acceptors (Lipinski definition) is 7. The van der Waals surface area contributed by atoms with E-state index in [0.717, 1.165) is 0 Å². The summed E-state index contributed by atoms with van der Waals surface area (Å²) in [5.41, 5.74) is 0.274. The summed E-state index contributed by atoms with van der Waals surface area (Å²) in [4.78, 5) is 26.8. The van der Waals surface area contributed by atoms with Crippen LogP contribution in [0.5, 0.6) is 0 Å². The maximum absolute atomic E-state index is 12.0. The van der Waals surface area contributed by atoms with Crippen LogP contribution >= 0.6 is 0 Å². The molecule has 0 rings (SSSR count). The van der Waals surface area contributed by atoms with Crippen LogP contribution in [0.15, 0.2) is 0 Å². The predicted octanol–water partition coefficient (Wildman–Crippen LogP) is -0.617. The topological polar surface area (TPSA) is 93.9 Å². The highest BCUT2D eigenvalue weighted by Gasteiger charge is 2.21. The van der Waals surface area contributed by atoms with Gasteiger partial charge in [0.2, 0.25) is 0 Å². The van der Waals surface area contributed by atoms with Gasteiger partial charge in [0.05, 0.1) is 25.7 Å². The Morgan fingerprint density at radius 2 is 1.90 bits per heavy atom. The van der Waals surface area contributed by atoms with Gasteiger partial charge in [0.25, 0.3) is 0 Å². The van der Waals surface area contributed by atoms with E-state index in [2.05, 4.69) is 0 Å². The van der Waals surface area contributed by atoms with Crippen molar-refractivity contribution in [3.05, 3.63) is 0 Å². The van der Waals surface area contributed by atoms with Gasteiger partial charge in [0, 0.05) is 12.3 Å². The lowest BCUT2D eigenvalue weighted by Gasteiger charge is -2.24. The number of nitrogens with zero attached hydrogens (tertiary/aromatic N) is 2. The first-order chi connectivity index (χ1) is 9.27. The number of ketones is 1. The van der Waals surface area contributed by atoms with Gasteiger partial charge in [0.1, 0.15) is 6.61 Å². The molecular formula is C13H25N3O4. The molecule has 0 bridgehead atoms. The van der Waals surface area contributed by atoms with Crippen LogP contribution in [0.4, 0.5) is 0 Å². The van der Waals surface area contributed by atoms with Gasteiger partial charge >= 0.3 is 5.97 Å². The van der Waals surface area contributed by atoms with Crippen molar-refractivity contribution in [1.82, 2.24) is 9.80 Å². The summed E-state index contributed by atoms with van der Waals surface area (Å²) in [7, 11) is 3.43. The van der Waals surface area contributed by atoms with Gasteiger partial charge in [-0.05, 0) is 27.9 Å². The molecule has 7 nitrogen and oxygen atoms in total. The van der Waals surface area contributed by atoms with Gasteiger partial charge in [0.15, 0.2) is 5.78 Å². The van der Waals surface area contributed by atoms with Crippen LogP contribution in [0, 0.1) is 5.41 Å². The first-order valence-corrected chi connectivity index (χ1v) is 6.50. The average Bonchev–Trinajstić information content (AvgIpc) is 2.35. The van der Waals surface area contributed by atoms with Crippen molar-refractivity contribution >= 4 is 17.5 Å². The lowest BCUT2D eigenvalue weighted by Crippen LogP contribution is -2.44. The number of esters is 1. The van der Waals surface area contributed by atoms with Crippen molar-refractivity contribution in [3.8, 4) is 0 Å². The number of hydrogen-bond donors (Lipinski definition) is 2. The largest absolute Gasteiger partial charge is 0.459 e. The van der Waals surface area contributed by atoms with Crippen LogP contribution in [0.3, 0.4) is 0 Å². The fourth-order valence-electron chi connectivity index (χ4n) is 1.47. The molecular weight excluding hydrogens is 262 g/mol. The van der Waals surface area contributed by atoms with Crippen LogP contribution < -0.4 is 0 Å². The van der Waals surface area contributed by atoms with Gasteiger partial charge in [-0.3, -0.25) is 19.4 Å². The second-order valence-corrected chi connectivity index (χ2v) is 4.96. The minimum atomic E-state index is -0.456. The maximum Gasteiger partial charge on any atom is 0.320 e. The Bertz CT molecular complexity index is 347. The highest BCUT2D eigenvalue weighted by Crippen LogP contribution is 1.99. The molecule has 0 heterocycles. The number of likely N-dealkylation sites (N-methyl/N-ethyl adjacent to an activating group) is 2. The normalized spacial score (nSPS) is 12.6. The van der Waals surface area contributed by atoms with Crippen LogP contribution in [0.2, 0.25) is 0 Å². The number of carbonyl (C=O) groups is 2. The van der Waals surface area contributed by atoms with E-state index >= 15 is 0 Å². The monoisotopic (exact) mass is 287 g/mol. The van der Waals surface area contributed by atoms with Crippen LogP contribution in [-0.2, 0) is 14.3 Å². The molecule has 0 amide bonds. The molecule has 0 aromatic carbocycles. The number of rotatable bonds is 10. The second-order valence-electron chi connectivity index (χ2n) is 4.96. The van der Waals surface area contributed by atoms with Crippen LogP contribution in [0.25, 0.3) is 0 Å². The summed E-state index contributed by atoms with van der Waals surface area (Å²) in [5.74, 6) is -0.484. The Balaban J connectivity index is 4.18. The van der Waals surface area contributed by atoms with E-state index in [-0.39, 0.29) is 37.8 Å². The van der Waals surface area contributed by atoms with Gasteiger partial charge in [-0.2, -0.15) is 0 Å². The molecule has 0 fully saturated rings. The van der Waals surface area contributed by atoms with Gasteiger partial charge < -0.3 is 15.3 Å². The molecule has 0 radical (unpaired) electrons. The fraction of sp³-hybridized carbons (Fsp3) is 0.769. The van der Waals surface area contributed by atoms with Gasteiger partial charge in [-0.25, -0.2) is 0 Å². The minimum Gasteiger partial charge on any atom is -0.459 e. The SMILES string of the molecule is CC(=N)COC(=O)CN(C)[C@H](C)C(=O)CN(C)CCO. The molecule has 0 saturated carbocycles. The standard InChI is InChI=1S/C13H25N3O4/c1-10(14)9-20-13(19)8-16(4)11(2)12(18)7-15(3)5-6-17/h11,14,17H,5-9H2,1-4H3/t11-/m1/s1. The van der Waals surface area contributed by atoms with E-state index in [1.165, 1.54) is 0 Å². The van der Waals surface area contributed by atoms with Gasteiger partial charge in [-0.15, -0.1) is 0 Å². The summed E-state index contributed by atoms with van der Waals surface area (Å²) in [5, 5.41) is 15.9. The first kappa shape index (κ1) is 18.7. The fourth-order valence-corrected chi connectivity index (χ4v) is 1.47. The third-order valence-electron chi connectivity index (χ3n) is 2.86. The summed E-state index contributed by atoms with van der Waals surface area (Å²) in [6.07, 6.45) is 0. The molecule has 0 aliphatic carbocycles. The molecule has 116 valence electrons. The third-order valence-corrected chi connectivity index (χ3v) is 2.86. The molecule has 2 N–H and O–H groups in total. The van der Waals surface area contributed by atoms with Crippen molar-refractivity contribution in [2.75, 3.05) is 46.9 Å². The summed E-state index contributed by atoms with van der Waals surface area (Å²) < 4.78 is 4.86. The molecule has 7 heteroatoms. The Hall–Kier alpha value is -1.31. The minimum absolute atomic E-state index is 0.00328. The summed E-state index contributed by atoms with van der Waals surface area (Å²) in [6.45, 7) is 3.93. The van der Waals surface area contributed by atoms with Crippen molar-refractivity contribution < 1.29 is 19.4 Å². The van der Waals surface area contributed by atoms with E-state index in [4.69, 9.17) is 15.3 Å². The summed E-state index contributed by atoms with van der Waals surface area (Å²) in [6, 6.07) is -0.412. The van der Waals surface area contributed by atoms with Gasteiger partial charge in [-0.1, -0.05) is 0 Å². The molecule has 20 heavy (non-hydrogen) atoms. The number of Topliss-reactive ketones (excluding diaryl/α,β-unsaturated/α-hetero) is 1. The number of nitrogens with one attached hydrogen (secondary N) is 1. The number of carbonyl (C=O) groups excluding carboxylic acids is 2. The molecule has 0 aliphatic rings. The van der Waals surface area contributed by atoms with E-state index in [1.807, 2.05) is 0 Å². The van der Waals surface area contributed by atoms with Crippen LogP contribution in [-0.4, -0.2) is 85.4 Å². The molecule has 0 unspecified atom stereocenters. The number of aliphatic hydroxyl groups is 1. The molecule has 0 aromatic heterocycles. The zero-order chi connectivity index (χ0) is 15.7. The maximum atomic E-state index is 12.0. The highest BCUT2D eigenvalue weighted by atomic mass is 16.5. The van der Waals surface area contributed by atoms with E-state index in [9.17, 15) is 9.59 Å². The van der Waals surface area contributed by atoms with E-state index < -0.39 is 12.0 Å². The average molecular weight is 287 g/mol. The highest BCUT2D eigenvalue weighted by molar-refractivity contribution is 5.86. The van der Waals surface area contributed by atoms with Crippen molar-refractivity contribution in [1.29, 1.82) is 5.41 Å². The lowest BCUT2D eigenvalue weighted by atomic mass is 10.2. The van der Waals surface area contributed by atoms with Crippen molar-refractivity contribution in [3.63, 3.8) is 0 Å². The summed E-state index contributed by atoms with van der Waals surface area (Å²) >= 11 is 0. The van der Waals surface area contributed by atoms with Crippen molar-refractivity contribution in [2.45, 2.75) is 19.9 Å². The zero-order valence-electron chi connectivity index (χ0n) is 12.7. The quantitative estimate of drug-likeness (QED) is 0.411. The Kier molecular flexibility index (Phi) is 8.94. The molecule has 1 atom stereocenters. The third kappa shape index (κ3) is 7.98. The molecule has 0 saturated heterocycles. The van der Waals surface area contributed by atoms with E-state index in [1.54, 1.807) is 37.7 Å². The lowest BCUT2D eigenvalue weighted by molar-refractivity contribution is -0.143. The van der Waals surface area contributed by atoms with Crippen LogP contribution in [0.1, 0.15) is 13.8 Å². The number of ether oxygens (including phenoxy) is 1. The Morgan fingerprint density at radius 1 is 1.30 bits per heavy atom. The molecule has 0 spiro atoms. The predicted molar refractivity (Wildman–Crippen MR) is 76.0 cm³/mol.